The maximum Gasteiger partial charge on any atom is 0.273 e. The summed E-state index contributed by atoms with van der Waals surface area (Å²) in [7, 11) is 1.66. The van der Waals surface area contributed by atoms with Crippen LogP contribution >= 0.6 is 0 Å². The molecule has 114 valence electrons. The molecule has 1 saturated heterocycles. The first-order valence-corrected chi connectivity index (χ1v) is 7.06. The van der Waals surface area contributed by atoms with Gasteiger partial charge in [0.2, 0.25) is 0 Å². The molecule has 0 aromatic heterocycles. The summed E-state index contributed by atoms with van der Waals surface area (Å²) >= 11 is 0. The van der Waals surface area contributed by atoms with Crippen LogP contribution in [0.15, 0.2) is 18.2 Å². The summed E-state index contributed by atoms with van der Waals surface area (Å²) in [5.74, 6) is 0.201. The van der Waals surface area contributed by atoms with Crippen molar-refractivity contribution in [1.29, 1.82) is 0 Å². The minimum absolute atomic E-state index is 0.00805. The van der Waals surface area contributed by atoms with Crippen molar-refractivity contribution in [1.82, 2.24) is 4.90 Å². The molecule has 1 fully saturated rings. The molecule has 1 atom stereocenters. The number of hydrogen-bond acceptors (Lipinski definition) is 4. The number of benzene rings is 1. The SMILES string of the molecule is COCC1CCCN(C(=O)c2ccc(C)c([N+](=O)[O-])c2)C1. The van der Waals surface area contributed by atoms with E-state index in [4.69, 9.17) is 4.74 Å². The summed E-state index contributed by atoms with van der Waals surface area (Å²) in [5, 5.41) is 11.0. The predicted molar refractivity (Wildman–Crippen MR) is 78.3 cm³/mol. The van der Waals surface area contributed by atoms with Crippen molar-refractivity contribution in [2.75, 3.05) is 26.8 Å². The Morgan fingerprint density at radius 3 is 2.95 bits per heavy atom. The average molecular weight is 292 g/mol. The molecule has 1 aliphatic rings. The van der Waals surface area contributed by atoms with E-state index < -0.39 is 4.92 Å². The molecule has 0 N–H and O–H groups in total. The lowest BCUT2D eigenvalue weighted by molar-refractivity contribution is -0.385. The molecular weight excluding hydrogens is 272 g/mol. The highest BCUT2D eigenvalue weighted by Crippen LogP contribution is 2.23. The summed E-state index contributed by atoms with van der Waals surface area (Å²) < 4.78 is 5.15. The summed E-state index contributed by atoms with van der Waals surface area (Å²) in [4.78, 5) is 24.8. The molecule has 0 spiro atoms. The maximum atomic E-state index is 12.5. The fraction of sp³-hybridized carbons (Fsp3) is 0.533. The Bertz CT molecular complexity index is 542. The van der Waals surface area contributed by atoms with Crippen LogP contribution in [0.3, 0.4) is 0 Å². The van der Waals surface area contributed by atoms with Crippen molar-refractivity contribution in [2.24, 2.45) is 5.92 Å². The van der Waals surface area contributed by atoms with Crippen LogP contribution in [0.4, 0.5) is 5.69 Å². The number of aryl methyl sites for hydroxylation is 1. The van der Waals surface area contributed by atoms with Gasteiger partial charge in [-0.25, -0.2) is 0 Å². The third kappa shape index (κ3) is 3.58. The van der Waals surface area contributed by atoms with Gasteiger partial charge in [0.15, 0.2) is 0 Å². The summed E-state index contributed by atoms with van der Waals surface area (Å²) in [5.41, 5.74) is 0.934. The lowest BCUT2D eigenvalue weighted by Crippen LogP contribution is -2.41. The van der Waals surface area contributed by atoms with E-state index >= 15 is 0 Å². The van der Waals surface area contributed by atoms with Crippen molar-refractivity contribution < 1.29 is 14.5 Å². The van der Waals surface area contributed by atoms with E-state index in [0.717, 1.165) is 12.8 Å². The van der Waals surface area contributed by atoms with Gasteiger partial charge >= 0.3 is 0 Å². The van der Waals surface area contributed by atoms with Crippen LogP contribution in [0.1, 0.15) is 28.8 Å². The number of methoxy groups -OCH3 is 1. The van der Waals surface area contributed by atoms with Gasteiger partial charge in [-0.2, -0.15) is 0 Å². The van der Waals surface area contributed by atoms with Crippen LogP contribution in [0, 0.1) is 23.0 Å². The van der Waals surface area contributed by atoms with E-state index in [1.54, 1.807) is 31.1 Å². The molecule has 0 aliphatic carbocycles. The molecule has 0 saturated carbocycles. The second kappa shape index (κ2) is 6.67. The van der Waals surface area contributed by atoms with E-state index in [0.29, 0.717) is 36.7 Å². The number of nitro groups is 1. The summed E-state index contributed by atoms with van der Waals surface area (Å²) in [6, 6.07) is 4.66. The Hall–Kier alpha value is -1.95. The van der Waals surface area contributed by atoms with Crippen molar-refractivity contribution >= 4 is 11.6 Å². The predicted octanol–water partition coefficient (Wildman–Crippen LogP) is 2.40. The normalized spacial score (nSPS) is 18.6. The molecule has 1 aromatic rings. The van der Waals surface area contributed by atoms with Gasteiger partial charge in [0.25, 0.3) is 11.6 Å². The van der Waals surface area contributed by atoms with Gasteiger partial charge in [0.05, 0.1) is 11.5 Å². The third-order valence-electron chi connectivity index (χ3n) is 3.86. The first-order valence-electron chi connectivity index (χ1n) is 7.06. The second-order valence-corrected chi connectivity index (χ2v) is 5.47. The van der Waals surface area contributed by atoms with E-state index in [9.17, 15) is 14.9 Å². The molecule has 1 heterocycles. The van der Waals surface area contributed by atoms with Crippen LogP contribution < -0.4 is 0 Å². The largest absolute Gasteiger partial charge is 0.384 e. The Balaban J connectivity index is 2.16. The molecule has 1 amide bonds. The van der Waals surface area contributed by atoms with Crippen molar-refractivity contribution in [3.8, 4) is 0 Å². The molecule has 6 nitrogen and oxygen atoms in total. The van der Waals surface area contributed by atoms with E-state index in [2.05, 4.69) is 0 Å². The molecule has 0 radical (unpaired) electrons. The average Bonchev–Trinajstić information content (AvgIpc) is 2.47. The first-order chi connectivity index (χ1) is 10.0. The van der Waals surface area contributed by atoms with Gasteiger partial charge in [-0.3, -0.25) is 14.9 Å². The monoisotopic (exact) mass is 292 g/mol. The van der Waals surface area contributed by atoms with Crippen molar-refractivity contribution in [3.05, 3.63) is 39.4 Å². The fourth-order valence-electron chi connectivity index (χ4n) is 2.74. The summed E-state index contributed by atoms with van der Waals surface area (Å²) in [6.45, 7) is 3.65. The maximum absolute atomic E-state index is 12.5. The number of ether oxygens (including phenoxy) is 1. The fourth-order valence-corrected chi connectivity index (χ4v) is 2.74. The lowest BCUT2D eigenvalue weighted by atomic mass is 9.98. The molecule has 21 heavy (non-hydrogen) atoms. The van der Waals surface area contributed by atoms with Crippen LogP contribution in [0.5, 0.6) is 0 Å². The number of piperidine rings is 1. The number of rotatable bonds is 4. The van der Waals surface area contributed by atoms with E-state index in [1.165, 1.54) is 6.07 Å². The number of likely N-dealkylation sites (tertiary alicyclic amines) is 1. The molecule has 1 aromatic carbocycles. The zero-order valence-corrected chi connectivity index (χ0v) is 12.4. The Morgan fingerprint density at radius 1 is 1.52 bits per heavy atom. The molecule has 6 heteroatoms. The summed E-state index contributed by atoms with van der Waals surface area (Å²) in [6.07, 6.45) is 1.99. The van der Waals surface area contributed by atoms with Crippen LogP contribution in [-0.2, 0) is 4.74 Å². The smallest absolute Gasteiger partial charge is 0.273 e. The minimum Gasteiger partial charge on any atom is -0.384 e. The van der Waals surface area contributed by atoms with Gasteiger partial charge in [0.1, 0.15) is 0 Å². The number of nitro benzene ring substituents is 1. The van der Waals surface area contributed by atoms with Gasteiger partial charge in [-0.05, 0) is 31.7 Å². The highest BCUT2D eigenvalue weighted by Gasteiger charge is 2.25. The number of hydrogen-bond donors (Lipinski definition) is 0. The zero-order chi connectivity index (χ0) is 15.4. The van der Waals surface area contributed by atoms with E-state index in [1.807, 2.05) is 0 Å². The Labute approximate surface area is 123 Å². The number of carbonyl (C=O) groups is 1. The number of carbonyl (C=O) groups excluding carboxylic acids is 1. The van der Waals surface area contributed by atoms with Gasteiger partial charge in [-0.15, -0.1) is 0 Å². The quantitative estimate of drug-likeness (QED) is 0.631. The van der Waals surface area contributed by atoms with Crippen LogP contribution in [-0.4, -0.2) is 42.5 Å². The van der Waals surface area contributed by atoms with Gasteiger partial charge in [-0.1, -0.05) is 6.07 Å². The molecule has 0 bridgehead atoms. The standard InChI is InChI=1S/C15H20N2O4/c1-11-5-6-13(8-14(11)17(19)20)15(18)16-7-3-4-12(9-16)10-21-2/h5-6,8,12H,3-4,7,9-10H2,1-2H3. The number of amides is 1. The zero-order valence-electron chi connectivity index (χ0n) is 12.4. The molecular formula is C15H20N2O4. The van der Waals surface area contributed by atoms with Gasteiger partial charge in [0, 0.05) is 37.4 Å². The number of nitrogens with zero attached hydrogens (tertiary/aromatic N) is 2. The van der Waals surface area contributed by atoms with Crippen LogP contribution in [0.25, 0.3) is 0 Å². The highest BCUT2D eigenvalue weighted by atomic mass is 16.6. The second-order valence-electron chi connectivity index (χ2n) is 5.47. The van der Waals surface area contributed by atoms with Crippen molar-refractivity contribution in [3.63, 3.8) is 0 Å². The van der Waals surface area contributed by atoms with Gasteiger partial charge < -0.3 is 9.64 Å². The topological polar surface area (TPSA) is 72.7 Å². The lowest BCUT2D eigenvalue weighted by Gasteiger charge is -2.32. The molecule has 1 aliphatic heterocycles. The molecule has 1 unspecified atom stereocenters. The first kappa shape index (κ1) is 15.4. The molecule has 2 rings (SSSR count). The van der Waals surface area contributed by atoms with Crippen LogP contribution in [0.2, 0.25) is 0 Å². The Morgan fingerprint density at radius 2 is 2.29 bits per heavy atom. The third-order valence-corrected chi connectivity index (χ3v) is 3.86. The van der Waals surface area contributed by atoms with E-state index in [-0.39, 0.29) is 11.6 Å². The minimum atomic E-state index is -0.448. The Kier molecular flexibility index (Phi) is 4.90. The highest BCUT2D eigenvalue weighted by molar-refractivity contribution is 5.95. The van der Waals surface area contributed by atoms with Crippen molar-refractivity contribution in [2.45, 2.75) is 19.8 Å².